The van der Waals surface area contributed by atoms with Crippen molar-refractivity contribution in [1.29, 1.82) is 0 Å². The van der Waals surface area contributed by atoms with Gasteiger partial charge in [-0.1, -0.05) is 12.1 Å². The van der Waals surface area contributed by atoms with E-state index in [0.29, 0.717) is 24.5 Å². The Morgan fingerprint density at radius 3 is 2.36 bits per heavy atom. The molecule has 0 spiro atoms. The number of Topliss-reactive ketones (excluding diaryl/α,β-unsaturated/α-hetero) is 1. The highest BCUT2D eigenvalue weighted by Crippen LogP contribution is 2.17. The molecule has 0 aliphatic rings. The van der Waals surface area contributed by atoms with Gasteiger partial charge in [0.25, 0.3) is 0 Å². The monoisotopic (exact) mass is 341 g/mol. The molecule has 1 amide bonds. The lowest BCUT2D eigenvalue weighted by atomic mass is 10.0. The van der Waals surface area contributed by atoms with Crippen LogP contribution >= 0.6 is 0 Å². The zero-order valence-corrected chi connectivity index (χ0v) is 14.8. The zero-order valence-electron chi connectivity index (χ0n) is 14.8. The number of carbonyl (C=O) groups excluding carboxylic acids is 2. The lowest BCUT2D eigenvalue weighted by Gasteiger charge is -2.09. The molecule has 0 aliphatic heterocycles. The summed E-state index contributed by atoms with van der Waals surface area (Å²) in [5.41, 5.74) is 3.10. The number of ether oxygens (including phenoxy) is 2. The third-order valence-corrected chi connectivity index (χ3v) is 3.73. The Morgan fingerprint density at radius 1 is 1.04 bits per heavy atom. The number of methoxy groups -OCH3 is 1. The Labute approximate surface area is 148 Å². The predicted octanol–water partition coefficient (Wildman–Crippen LogP) is 3.40. The van der Waals surface area contributed by atoms with Crippen LogP contribution in [0.3, 0.4) is 0 Å². The number of rotatable bonds is 8. The molecule has 2 aromatic carbocycles. The van der Waals surface area contributed by atoms with Gasteiger partial charge in [0.05, 0.1) is 13.0 Å². The standard InChI is InChI=1S/C20H23NO4/c1-14-12-17(6-9-19(14)15(2)22)21-20(23)13-16-4-7-18(8-5-16)25-11-10-24-3/h4-9,12H,10-11,13H2,1-3H3,(H,21,23). The van der Waals surface area contributed by atoms with Crippen molar-refractivity contribution in [2.75, 3.05) is 25.6 Å². The van der Waals surface area contributed by atoms with Crippen LogP contribution < -0.4 is 10.1 Å². The molecule has 0 aromatic heterocycles. The smallest absolute Gasteiger partial charge is 0.228 e. The molecule has 0 saturated carbocycles. The number of hydrogen-bond donors (Lipinski definition) is 1. The summed E-state index contributed by atoms with van der Waals surface area (Å²) >= 11 is 0. The molecule has 0 aliphatic carbocycles. The molecule has 0 bridgehead atoms. The molecule has 2 rings (SSSR count). The Morgan fingerprint density at radius 2 is 1.76 bits per heavy atom. The van der Waals surface area contributed by atoms with Crippen LogP contribution in [0.1, 0.15) is 28.4 Å². The number of benzene rings is 2. The van der Waals surface area contributed by atoms with E-state index in [2.05, 4.69) is 5.32 Å². The summed E-state index contributed by atoms with van der Waals surface area (Å²) in [7, 11) is 1.63. The Bertz CT molecular complexity index is 738. The number of nitrogens with one attached hydrogen (secondary N) is 1. The average molecular weight is 341 g/mol. The number of carbonyl (C=O) groups is 2. The summed E-state index contributed by atoms with van der Waals surface area (Å²) in [6.07, 6.45) is 0.270. The van der Waals surface area contributed by atoms with E-state index in [4.69, 9.17) is 9.47 Å². The maximum Gasteiger partial charge on any atom is 0.228 e. The number of anilines is 1. The second-order valence-corrected chi connectivity index (χ2v) is 5.80. The Kier molecular flexibility index (Phi) is 6.71. The molecule has 0 atom stereocenters. The van der Waals surface area contributed by atoms with Crippen molar-refractivity contribution in [2.24, 2.45) is 0 Å². The van der Waals surface area contributed by atoms with E-state index in [-0.39, 0.29) is 18.1 Å². The molecule has 2 aromatic rings. The van der Waals surface area contributed by atoms with E-state index in [1.807, 2.05) is 31.2 Å². The fourth-order valence-corrected chi connectivity index (χ4v) is 2.47. The van der Waals surface area contributed by atoms with Crippen LogP contribution in [0.4, 0.5) is 5.69 Å². The number of aryl methyl sites for hydroxylation is 1. The molecule has 132 valence electrons. The zero-order chi connectivity index (χ0) is 18.2. The normalized spacial score (nSPS) is 10.4. The number of amides is 1. The molecule has 25 heavy (non-hydrogen) atoms. The first-order valence-corrected chi connectivity index (χ1v) is 8.11. The minimum atomic E-state index is -0.108. The van der Waals surface area contributed by atoms with E-state index in [1.54, 1.807) is 25.3 Å². The largest absolute Gasteiger partial charge is 0.491 e. The van der Waals surface area contributed by atoms with Crippen molar-refractivity contribution in [1.82, 2.24) is 0 Å². The van der Waals surface area contributed by atoms with Crippen molar-refractivity contribution < 1.29 is 19.1 Å². The van der Waals surface area contributed by atoms with Gasteiger partial charge in [0.2, 0.25) is 5.91 Å². The maximum atomic E-state index is 12.2. The van der Waals surface area contributed by atoms with Crippen LogP contribution in [0.5, 0.6) is 5.75 Å². The van der Waals surface area contributed by atoms with Crippen molar-refractivity contribution >= 4 is 17.4 Å². The summed E-state index contributed by atoms with van der Waals surface area (Å²) in [4.78, 5) is 23.6. The van der Waals surface area contributed by atoms with Gasteiger partial charge >= 0.3 is 0 Å². The van der Waals surface area contributed by atoms with Crippen LogP contribution in [-0.4, -0.2) is 32.0 Å². The van der Waals surface area contributed by atoms with Crippen LogP contribution in [0.15, 0.2) is 42.5 Å². The molecule has 0 radical (unpaired) electrons. The van der Waals surface area contributed by atoms with E-state index < -0.39 is 0 Å². The van der Waals surface area contributed by atoms with Crippen molar-refractivity contribution in [3.05, 3.63) is 59.2 Å². The molecule has 0 heterocycles. The summed E-state index contributed by atoms with van der Waals surface area (Å²) in [6.45, 7) is 4.41. The van der Waals surface area contributed by atoms with Gasteiger partial charge in [-0.2, -0.15) is 0 Å². The van der Waals surface area contributed by atoms with E-state index >= 15 is 0 Å². The SMILES string of the molecule is COCCOc1ccc(CC(=O)Nc2ccc(C(C)=O)c(C)c2)cc1. The molecular formula is C20H23NO4. The van der Waals surface area contributed by atoms with Crippen LogP contribution in [0.2, 0.25) is 0 Å². The van der Waals surface area contributed by atoms with Gasteiger partial charge in [0, 0.05) is 18.4 Å². The number of hydrogen-bond acceptors (Lipinski definition) is 4. The van der Waals surface area contributed by atoms with E-state index in [9.17, 15) is 9.59 Å². The lowest BCUT2D eigenvalue weighted by Crippen LogP contribution is -2.14. The molecule has 0 saturated heterocycles. The first-order valence-electron chi connectivity index (χ1n) is 8.11. The highest BCUT2D eigenvalue weighted by molar-refractivity contribution is 5.97. The third kappa shape index (κ3) is 5.72. The van der Waals surface area contributed by atoms with Gasteiger partial charge in [0.15, 0.2) is 5.78 Å². The van der Waals surface area contributed by atoms with Crippen molar-refractivity contribution in [3.63, 3.8) is 0 Å². The van der Waals surface area contributed by atoms with Gasteiger partial charge in [0.1, 0.15) is 12.4 Å². The summed E-state index contributed by atoms with van der Waals surface area (Å²) < 4.78 is 10.4. The second-order valence-electron chi connectivity index (χ2n) is 5.80. The molecule has 5 nitrogen and oxygen atoms in total. The average Bonchev–Trinajstić information content (AvgIpc) is 2.56. The van der Waals surface area contributed by atoms with Crippen LogP contribution in [0, 0.1) is 6.92 Å². The van der Waals surface area contributed by atoms with Crippen LogP contribution in [-0.2, 0) is 16.0 Å². The minimum absolute atomic E-state index is 0.0168. The molecular weight excluding hydrogens is 318 g/mol. The fourth-order valence-electron chi connectivity index (χ4n) is 2.47. The summed E-state index contributed by atoms with van der Waals surface area (Å²) in [5, 5.41) is 2.86. The summed E-state index contributed by atoms with van der Waals surface area (Å²) in [5.74, 6) is 0.655. The van der Waals surface area contributed by atoms with Gasteiger partial charge in [-0.25, -0.2) is 0 Å². The molecule has 0 fully saturated rings. The second kappa shape index (κ2) is 8.99. The predicted molar refractivity (Wildman–Crippen MR) is 97.3 cm³/mol. The fraction of sp³-hybridized carbons (Fsp3) is 0.300. The number of ketones is 1. The van der Waals surface area contributed by atoms with Gasteiger partial charge in [-0.3, -0.25) is 9.59 Å². The van der Waals surface area contributed by atoms with Gasteiger partial charge < -0.3 is 14.8 Å². The van der Waals surface area contributed by atoms with Crippen LogP contribution in [0.25, 0.3) is 0 Å². The first kappa shape index (κ1) is 18.7. The van der Waals surface area contributed by atoms with Gasteiger partial charge in [-0.15, -0.1) is 0 Å². The van der Waals surface area contributed by atoms with Crippen molar-refractivity contribution in [3.8, 4) is 5.75 Å². The Balaban J connectivity index is 1.91. The highest BCUT2D eigenvalue weighted by Gasteiger charge is 2.08. The van der Waals surface area contributed by atoms with E-state index in [1.165, 1.54) is 6.92 Å². The minimum Gasteiger partial charge on any atom is -0.491 e. The summed E-state index contributed by atoms with van der Waals surface area (Å²) in [6, 6.07) is 12.7. The molecule has 5 heteroatoms. The third-order valence-electron chi connectivity index (χ3n) is 3.73. The Hall–Kier alpha value is -2.66. The van der Waals surface area contributed by atoms with Crippen molar-refractivity contribution in [2.45, 2.75) is 20.3 Å². The lowest BCUT2D eigenvalue weighted by molar-refractivity contribution is -0.115. The quantitative estimate of drug-likeness (QED) is 0.590. The topological polar surface area (TPSA) is 64.6 Å². The first-order chi connectivity index (χ1) is 12.0. The highest BCUT2D eigenvalue weighted by atomic mass is 16.5. The van der Waals surface area contributed by atoms with E-state index in [0.717, 1.165) is 16.9 Å². The molecule has 0 unspecified atom stereocenters. The maximum absolute atomic E-state index is 12.2. The molecule has 1 N–H and O–H groups in total. The van der Waals surface area contributed by atoms with Gasteiger partial charge in [-0.05, 0) is 55.3 Å².